The first-order valence-corrected chi connectivity index (χ1v) is 7.25. The minimum Gasteiger partial charge on any atom is -0.466 e. The number of hydrogen-bond acceptors (Lipinski definition) is 4. The van der Waals surface area contributed by atoms with Crippen molar-refractivity contribution in [2.24, 2.45) is 11.7 Å². The molecule has 0 radical (unpaired) electrons. The molecule has 0 aliphatic heterocycles. The highest BCUT2D eigenvalue weighted by molar-refractivity contribution is 5.69. The Labute approximate surface area is 110 Å². The Balaban J connectivity index is 1.94. The monoisotopic (exact) mass is 257 g/mol. The third-order valence-electron chi connectivity index (χ3n) is 3.55. The molecular formula is C14H27NO3. The summed E-state index contributed by atoms with van der Waals surface area (Å²) < 4.78 is 10.7. The predicted octanol–water partition coefficient (Wildman–Crippen LogP) is 2.25. The van der Waals surface area contributed by atoms with Crippen LogP contribution in [0.25, 0.3) is 0 Å². The molecule has 2 atom stereocenters. The maximum Gasteiger partial charge on any atom is 0.305 e. The van der Waals surface area contributed by atoms with Gasteiger partial charge in [0.2, 0.25) is 0 Å². The van der Waals surface area contributed by atoms with Crippen LogP contribution < -0.4 is 5.73 Å². The van der Waals surface area contributed by atoms with Crippen LogP contribution in [0.4, 0.5) is 0 Å². The Bertz CT molecular complexity index is 233. The highest BCUT2D eigenvalue weighted by atomic mass is 16.5. The first-order valence-electron chi connectivity index (χ1n) is 7.25. The maximum atomic E-state index is 11.1. The average molecular weight is 257 g/mol. The molecule has 106 valence electrons. The van der Waals surface area contributed by atoms with Crippen molar-refractivity contribution < 1.29 is 14.3 Å². The molecule has 2 unspecified atom stereocenters. The lowest BCUT2D eigenvalue weighted by atomic mass is 10.1. The van der Waals surface area contributed by atoms with Crippen LogP contribution in [-0.4, -0.2) is 31.8 Å². The van der Waals surface area contributed by atoms with Gasteiger partial charge in [-0.05, 0) is 45.1 Å². The minimum atomic E-state index is -0.0857. The molecule has 18 heavy (non-hydrogen) atoms. The van der Waals surface area contributed by atoms with Crippen LogP contribution in [0.3, 0.4) is 0 Å². The van der Waals surface area contributed by atoms with E-state index in [4.69, 9.17) is 15.2 Å². The van der Waals surface area contributed by atoms with Gasteiger partial charge < -0.3 is 15.2 Å². The fourth-order valence-corrected chi connectivity index (χ4v) is 2.51. The fraction of sp³-hybridized carbons (Fsp3) is 0.929. The second-order valence-corrected chi connectivity index (χ2v) is 4.95. The number of ether oxygens (including phenoxy) is 2. The van der Waals surface area contributed by atoms with Crippen molar-refractivity contribution >= 4 is 5.97 Å². The van der Waals surface area contributed by atoms with Crippen molar-refractivity contribution in [3.05, 3.63) is 0 Å². The quantitative estimate of drug-likeness (QED) is 0.508. The van der Waals surface area contributed by atoms with Crippen LogP contribution in [0.15, 0.2) is 0 Å². The molecule has 0 spiro atoms. The lowest BCUT2D eigenvalue weighted by Gasteiger charge is -2.18. The van der Waals surface area contributed by atoms with E-state index in [0.29, 0.717) is 25.0 Å². The van der Waals surface area contributed by atoms with Gasteiger partial charge in [0.25, 0.3) is 0 Å². The van der Waals surface area contributed by atoms with E-state index in [0.717, 1.165) is 38.8 Å². The first-order chi connectivity index (χ1) is 8.77. The molecule has 2 N–H and O–H groups in total. The summed E-state index contributed by atoms with van der Waals surface area (Å²) in [5.74, 6) is 0.474. The number of esters is 1. The molecule has 1 rings (SSSR count). The highest BCUT2D eigenvalue weighted by Gasteiger charge is 2.26. The van der Waals surface area contributed by atoms with Crippen LogP contribution >= 0.6 is 0 Å². The lowest BCUT2D eigenvalue weighted by molar-refractivity contribution is -0.143. The molecule has 0 aromatic rings. The van der Waals surface area contributed by atoms with Crippen molar-refractivity contribution in [1.29, 1.82) is 0 Å². The van der Waals surface area contributed by atoms with Gasteiger partial charge in [-0.3, -0.25) is 4.79 Å². The summed E-state index contributed by atoms with van der Waals surface area (Å²) in [5, 5.41) is 0. The largest absolute Gasteiger partial charge is 0.466 e. The van der Waals surface area contributed by atoms with Gasteiger partial charge >= 0.3 is 5.97 Å². The normalized spacial score (nSPS) is 23.2. The molecule has 1 fully saturated rings. The van der Waals surface area contributed by atoms with Gasteiger partial charge in [-0.25, -0.2) is 0 Å². The van der Waals surface area contributed by atoms with Crippen molar-refractivity contribution in [2.45, 2.75) is 58.0 Å². The molecule has 4 nitrogen and oxygen atoms in total. The molecule has 0 heterocycles. The van der Waals surface area contributed by atoms with Gasteiger partial charge in [0, 0.05) is 13.0 Å². The van der Waals surface area contributed by atoms with Gasteiger partial charge in [-0.15, -0.1) is 0 Å². The van der Waals surface area contributed by atoms with E-state index in [1.807, 2.05) is 6.92 Å². The Hall–Kier alpha value is -0.610. The maximum absolute atomic E-state index is 11.1. The highest BCUT2D eigenvalue weighted by Crippen LogP contribution is 2.27. The van der Waals surface area contributed by atoms with E-state index in [9.17, 15) is 4.79 Å². The Morgan fingerprint density at radius 1 is 1.28 bits per heavy atom. The zero-order valence-corrected chi connectivity index (χ0v) is 11.5. The van der Waals surface area contributed by atoms with Gasteiger partial charge in [0.05, 0.1) is 12.7 Å². The Morgan fingerprint density at radius 3 is 2.83 bits per heavy atom. The summed E-state index contributed by atoms with van der Waals surface area (Å²) in [6.45, 7) is 3.85. The summed E-state index contributed by atoms with van der Waals surface area (Å²) in [7, 11) is 0. The van der Waals surface area contributed by atoms with Crippen LogP contribution in [0.2, 0.25) is 0 Å². The summed E-state index contributed by atoms with van der Waals surface area (Å²) in [6.07, 6.45) is 7.46. The van der Waals surface area contributed by atoms with Crippen molar-refractivity contribution in [1.82, 2.24) is 0 Å². The molecule has 0 aromatic heterocycles. The molecule has 1 aliphatic rings. The second-order valence-electron chi connectivity index (χ2n) is 4.95. The standard InChI is InChI=1S/C14H27NO3/c1-2-17-14(16)9-4-3-5-10-18-13-8-6-7-12(13)11-15/h12-13H,2-11,15H2,1H3. The molecule has 1 saturated carbocycles. The second kappa shape index (κ2) is 9.34. The molecule has 0 saturated heterocycles. The van der Waals surface area contributed by atoms with Crippen LogP contribution in [-0.2, 0) is 14.3 Å². The van der Waals surface area contributed by atoms with E-state index >= 15 is 0 Å². The molecule has 1 aliphatic carbocycles. The van der Waals surface area contributed by atoms with E-state index in [1.54, 1.807) is 0 Å². The SMILES string of the molecule is CCOC(=O)CCCCCOC1CCCC1CN. The van der Waals surface area contributed by atoms with Gasteiger partial charge in [-0.1, -0.05) is 12.8 Å². The zero-order chi connectivity index (χ0) is 13.2. The van der Waals surface area contributed by atoms with Crippen molar-refractivity contribution in [2.75, 3.05) is 19.8 Å². The molecule has 0 aromatic carbocycles. The van der Waals surface area contributed by atoms with Gasteiger partial charge in [-0.2, -0.15) is 0 Å². The Kier molecular flexibility index (Phi) is 8.01. The number of carbonyl (C=O) groups excluding carboxylic acids is 1. The van der Waals surface area contributed by atoms with Crippen LogP contribution in [0, 0.1) is 5.92 Å². The summed E-state index contributed by atoms with van der Waals surface area (Å²) in [4.78, 5) is 11.1. The molecule has 0 amide bonds. The van der Waals surface area contributed by atoms with Crippen LogP contribution in [0.1, 0.15) is 51.9 Å². The number of hydrogen-bond donors (Lipinski definition) is 1. The number of carbonyl (C=O) groups is 1. The smallest absolute Gasteiger partial charge is 0.305 e. The third kappa shape index (κ3) is 5.83. The third-order valence-corrected chi connectivity index (χ3v) is 3.55. The Morgan fingerprint density at radius 2 is 2.11 bits per heavy atom. The summed E-state index contributed by atoms with van der Waals surface area (Å²) in [5.41, 5.74) is 5.71. The fourth-order valence-electron chi connectivity index (χ4n) is 2.51. The zero-order valence-electron chi connectivity index (χ0n) is 11.5. The topological polar surface area (TPSA) is 61.5 Å². The predicted molar refractivity (Wildman–Crippen MR) is 71.2 cm³/mol. The first kappa shape index (κ1) is 15.4. The van der Waals surface area contributed by atoms with Crippen LogP contribution in [0.5, 0.6) is 0 Å². The summed E-state index contributed by atoms with van der Waals surface area (Å²) >= 11 is 0. The van der Waals surface area contributed by atoms with E-state index in [2.05, 4.69) is 0 Å². The summed E-state index contributed by atoms with van der Waals surface area (Å²) in [6, 6.07) is 0. The average Bonchev–Trinajstić information content (AvgIpc) is 2.81. The van der Waals surface area contributed by atoms with Gasteiger partial charge in [0.15, 0.2) is 0 Å². The number of rotatable bonds is 9. The molecule has 0 bridgehead atoms. The molecule has 4 heteroatoms. The number of nitrogens with two attached hydrogens (primary N) is 1. The van der Waals surface area contributed by atoms with E-state index in [1.165, 1.54) is 12.8 Å². The van der Waals surface area contributed by atoms with E-state index < -0.39 is 0 Å². The van der Waals surface area contributed by atoms with Crippen molar-refractivity contribution in [3.8, 4) is 0 Å². The van der Waals surface area contributed by atoms with Crippen molar-refractivity contribution in [3.63, 3.8) is 0 Å². The lowest BCUT2D eigenvalue weighted by Crippen LogP contribution is -2.25. The minimum absolute atomic E-state index is 0.0857. The number of unbranched alkanes of at least 4 members (excludes halogenated alkanes) is 2. The molecular weight excluding hydrogens is 230 g/mol. The van der Waals surface area contributed by atoms with Gasteiger partial charge in [0.1, 0.15) is 0 Å². The van der Waals surface area contributed by atoms with E-state index in [-0.39, 0.29) is 5.97 Å².